The van der Waals surface area contributed by atoms with Crippen LogP contribution in [0.25, 0.3) is 0 Å². The predicted octanol–water partition coefficient (Wildman–Crippen LogP) is 1.33. The number of nitrogens with one attached hydrogen (secondary N) is 1. The van der Waals surface area contributed by atoms with Crippen LogP contribution in [0.15, 0.2) is 0 Å². The summed E-state index contributed by atoms with van der Waals surface area (Å²) in [6, 6.07) is 1.33. The average Bonchev–Trinajstić information content (AvgIpc) is 2.61. The van der Waals surface area contributed by atoms with Gasteiger partial charge in [0.05, 0.1) is 13.2 Å². The van der Waals surface area contributed by atoms with Gasteiger partial charge < -0.3 is 15.0 Å². The highest BCUT2D eigenvalue weighted by Crippen LogP contribution is 2.35. The highest BCUT2D eigenvalue weighted by molar-refractivity contribution is 5.85. The van der Waals surface area contributed by atoms with Gasteiger partial charge >= 0.3 is 0 Å². The summed E-state index contributed by atoms with van der Waals surface area (Å²) in [6.45, 7) is 2.35. The van der Waals surface area contributed by atoms with E-state index in [0.717, 1.165) is 13.2 Å². The zero-order valence-electron chi connectivity index (χ0n) is 10.8. The monoisotopic (exact) mass is 274 g/mol. The van der Waals surface area contributed by atoms with Gasteiger partial charge in [0.15, 0.2) is 0 Å². The molecule has 0 spiro atoms. The Kier molecular flexibility index (Phi) is 4.87. The first kappa shape index (κ1) is 14.1. The maximum atomic E-state index is 12.4. The Morgan fingerprint density at radius 3 is 2.56 bits per heavy atom. The van der Waals surface area contributed by atoms with E-state index >= 15 is 0 Å². The molecule has 104 valence electrons. The fourth-order valence-electron chi connectivity index (χ4n) is 3.59. The zero-order chi connectivity index (χ0) is 11.7. The van der Waals surface area contributed by atoms with Gasteiger partial charge in [0.25, 0.3) is 0 Å². The lowest BCUT2D eigenvalue weighted by Gasteiger charge is -2.36. The molecule has 0 saturated carbocycles. The van der Waals surface area contributed by atoms with Gasteiger partial charge in [-0.05, 0) is 32.1 Å². The Labute approximate surface area is 115 Å². The highest BCUT2D eigenvalue weighted by atomic mass is 35.5. The lowest BCUT2D eigenvalue weighted by atomic mass is 10.0. The van der Waals surface area contributed by atoms with Crippen molar-refractivity contribution in [3.8, 4) is 0 Å². The summed E-state index contributed by atoms with van der Waals surface area (Å²) in [6.07, 6.45) is 6.82. The number of morpholine rings is 1. The van der Waals surface area contributed by atoms with E-state index in [1.165, 1.54) is 32.1 Å². The summed E-state index contributed by atoms with van der Waals surface area (Å²) >= 11 is 0. The molecular formula is C13H23ClN2O2. The zero-order valence-corrected chi connectivity index (χ0v) is 11.6. The van der Waals surface area contributed by atoms with Crippen molar-refractivity contribution in [1.82, 2.24) is 10.2 Å². The number of carbonyl (C=O) groups excluding carboxylic acids is 1. The number of ether oxygens (including phenoxy) is 1. The number of amides is 1. The average molecular weight is 275 g/mol. The van der Waals surface area contributed by atoms with Crippen LogP contribution < -0.4 is 5.32 Å². The maximum Gasteiger partial charge on any atom is 0.224 e. The van der Waals surface area contributed by atoms with Crippen molar-refractivity contribution in [3.05, 3.63) is 0 Å². The number of hydrogen-bond acceptors (Lipinski definition) is 3. The van der Waals surface area contributed by atoms with Crippen molar-refractivity contribution < 1.29 is 9.53 Å². The summed E-state index contributed by atoms with van der Waals surface area (Å²) in [7, 11) is 0. The van der Waals surface area contributed by atoms with Gasteiger partial charge in [0, 0.05) is 31.1 Å². The minimum absolute atomic E-state index is 0. The summed E-state index contributed by atoms with van der Waals surface area (Å²) in [4.78, 5) is 14.6. The lowest BCUT2D eigenvalue weighted by Crippen LogP contribution is -2.49. The van der Waals surface area contributed by atoms with E-state index in [-0.39, 0.29) is 18.4 Å². The number of carbonyl (C=O) groups is 1. The number of halogens is 1. The number of rotatable bonds is 2. The second kappa shape index (κ2) is 6.22. The third-order valence-electron chi connectivity index (χ3n) is 4.40. The summed E-state index contributed by atoms with van der Waals surface area (Å²) in [5.74, 6) is 0.347. The first-order valence-electron chi connectivity index (χ1n) is 6.97. The molecule has 0 radical (unpaired) electrons. The van der Waals surface area contributed by atoms with Crippen LogP contribution in [0.5, 0.6) is 0 Å². The summed E-state index contributed by atoms with van der Waals surface area (Å²) < 4.78 is 5.41. The first-order valence-corrected chi connectivity index (χ1v) is 6.97. The highest BCUT2D eigenvalue weighted by Gasteiger charge is 2.39. The van der Waals surface area contributed by atoms with E-state index < -0.39 is 0 Å². The first-order chi connectivity index (χ1) is 8.34. The molecule has 3 rings (SSSR count). The Balaban J connectivity index is 0.00000120. The van der Waals surface area contributed by atoms with Crippen LogP contribution in [-0.2, 0) is 9.53 Å². The Hall–Kier alpha value is -0.320. The molecule has 3 heterocycles. The standard InChI is InChI=1S/C13H22N2O2.ClH/c16-13(8-10-9-17-7-6-14-10)15-11-2-1-3-12(15)5-4-11;/h10-12,14H,1-9H2;1H. The molecule has 1 amide bonds. The molecule has 3 aliphatic heterocycles. The molecule has 0 aromatic carbocycles. The van der Waals surface area contributed by atoms with Crippen molar-refractivity contribution in [2.75, 3.05) is 19.8 Å². The van der Waals surface area contributed by atoms with Crippen LogP contribution in [0.4, 0.5) is 0 Å². The van der Waals surface area contributed by atoms with E-state index in [1.807, 2.05) is 0 Å². The van der Waals surface area contributed by atoms with Gasteiger partial charge in [-0.25, -0.2) is 0 Å². The van der Waals surface area contributed by atoms with Gasteiger partial charge in [-0.2, -0.15) is 0 Å². The van der Waals surface area contributed by atoms with Gasteiger partial charge in [-0.3, -0.25) is 4.79 Å². The third-order valence-corrected chi connectivity index (χ3v) is 4.40. The second-order valence-electron chi connectivity index (χ2n) is 5.55. The van der Waals surface area contributed by atoms with Crippen molar-refractivity contribution in [1.29, 1.82) is 0 Å². The van der Waals surface area contributed by atoms with Crippen LogP contribution in [-0.4, -0.2) is 48.7 Å². The largest absolute Gasteiger partial charge is 0.378 e. The number of nitrogens with zero attached hydrogens (tertiary/aromatic N) is 1. The number of piperidine rings is 1. The van der Waals surface area contributed by atoms with E-state index in [2.05, 4.69) is 10.2 Å². The molecule has 3 saturated heterocycles. The van der Waals surface area contributed by atoms with Crippen LogP contribution in [0, 0.1) is 0 Å². The van der Waals surface area contributed by atoms with E-state index in [0.29, 0.717) is 31.0 Å². The second-order valence-corrected chi connectivity index (χ2v) is 5.55. The Morgan fingerprint density at radius 2 is 1.94 bits per heavy atom. The Bertz CT molecular complexity index is 279. The molecule has 18 heavy (non-hydrogen) atoms. The molecule has 4 nitrogen and oxygen atoms in total. The van der Waals surface area contributed by atoms with Crippen molar-refractivity contribution in [2.24, 2.45) is 0 Å². The van der Waals surface area contributed by atoms with Crippen molar-refractivity contribution >= 4 is 18.3 Å². The van der Waals surface area contributed by atoms with Crippen LogP contribution in [0.1, 0.15) is 38.5 Å². The van der Waals surface area contributed by atoms with Gasteiger partial charge in [0.2, 0.25) is 5.91 Å². The smallest absolute Gasteiger partial charge is 0.224 e. The van der Waals surface area contributed by atoms with E-state index in [1.54, 1.807) is 0 Å². The molecular weight excluding hydrogens is 252 g/mol. The molecule has 0 aliphatic carbocycles. The molecule has 3 unspecified atom stereocenters. The molecule has 1 N–H and O–H groups in total. The number of hydrogen-bond donors (Lipinski definition) is 1. The lowest BCUT2D eigenvalue weighted by molar-refractivity contribution is -0.136. The third kappa shape index (κ3) is 2.81. The minimum Gasteiger partial charge on any atom is -0.378 e. The molecule has 2 bridgehead atoms. The quantitative estimate of drug-likeness (QED) is 0.826. The van der Waals surface area contributed by atoms with E-state index in [9.17, 15) is 4.79 Å². The molecule has 5 heteroatoms. The molecule has 0 aromatic rings. The van der Waals surface area contributed by atoms with E-state index in [4.69, 9.17) is 4.74 Å². The molecule has 3 fully saturated rings. The minimum atomic E-state index is 0. The molecule has 3 atom stereocenters. The Morgan fingerprint density at radius 1 is 1.22 bits per heavy atom. The van der Waals surface area contributed by atoms with Crippen molar-refractivity contribution in [3.63, 3.8) is 0 Å². The maximum absolute atomic E-state index is 12.4. The normalized spacial score (nSPS) is 35.1. The fraction of sp³-hybridized carbons (Fsp3) is 0.923. The molecule has 0 aromatic heterocycles. The topological polar surface area (TPSA) is 41.6 Å². The van der Waals surface area contributed by atoms with Gasteiger partial charge in [-0.1, -0.05) is 0 Å². The van der Waals surface area contributed by atoms with Crippen LogP contribution in [0.3, 0.4) is 0 Å². The van der Waals surface area contributed by atoms with Crippen molar-refractivity contribution in [2.45, 2.75) is 56.7 Å². The van der Waals surface area contributed by atoms with Crippen LogP contribution >= 0.6 is 12.4 Å². The summed E-state index contributed by atoms with van der Waals surface area (Å²) in [5, 5.41) is 3.37. The molecule has 3 aliphatic rings. The SMILES string of the molecule is Cl.O=C(CC1COCCN1)N1C2CCCC1CC2. The van der Waals surface area contributed by atoms with Crippen LogP contribution in [0.2, 0.25) is 0 Å². The van der Waals surface area contributed by atoms with Gasteiger partial charge in [-0.15, -0.1) is 12.4 Å². The fourth-order valence-corrected chi connectivity index (χ4v) is 3.59. The summed E-state index contributed by atoms with van der Waals surface area (Å²) in [5.41, 5.74) is 0. The predicted molar refractivity (Wildman–Crippen MR) is 72.0 cm³/mol. The van der Waals surface area contributed by atoms with Gasteiger partial charge in [0.1, 0.15) is 0 Å². The number of fused-ring (bicyclic) bond motifs is 2.